The molecule has 6 nitrogen and oxygen atoms in total. The molecule has 8 heteroatoms. The third kappa shape index (κ3) is 3.12. The number of piperidine rings is 1. The van der Waals surface area contributed by atoms with Gasteiger partial charge in [0.1, 0.15) is 5.60 Å². The molecule has 1 spiro atoms. The first-order chi connectivity index (χ1) is 11.6. The lowest BCUT2D eigenvalue weighted by Crippen LogP contribution is -2.53. The number of fused-ring (bicyclic) bond motifs is 1. The van der Waals surface area contributed by atoms with Gasteiger partial charge in [-0.25, -0.2) is 4.98 Å². The Morgan fingerprint density at radius 2 is 2.21 bits per heavy atom. The molecule has 1 unspecified atom stereocenters. The predicted octanol–water partition coefficient (Wildman–Crippen LogP) is 2.06. The van der Waals surface area contributed by atoms with E-state index in [0.29, 0.717) is 6.54 Å². The minimum absolute atomic E-state index is 0.128. The van der Waals surface area contributed by atoms with Gasteiger partial charge in [-0.05, 0) is 17.5 Å². The molecule has 2 aromatic rings. The first-order valence-electron chi connectivity index (χ1n) is 7.95. The molecular weight excluding hydrogens is 346 g/mol. The zero-order valence-electron chi connectivity index (χ0n) is 13.1. The van der Waals surface area contributed by atoms with Gasteiger partial charge in [0.25, 0.3) is 5.88 Å². The number of hydrogen-bond acceptors (Lipinski definition) is 6. The Kier molecular flexibility index (Phi) is 4.17. The molecule has 2 aliphatic rings. The van der Waals surface area contributed by atoms with Gasteiger partial charge >= 0.3 is 0 Å². The number of pyridine rings is 1. The molecule has 1 saturated heterocycles. The third-order valence-corrected chi connectivity index (χ3v) is 6.93. The minimum Gasteiger partial charge on any atom is -0.593 e. The lowest BCUT2D eigenvalue weighted by Gasteiger charge is -2.40. The second-order valence-corrected chi connectivity index (χ2v) is 9.04. The van der Waals surface area contributed by atoms with E-state index in [2.05, 4.69) is 32.1 Å². The summed E-state index contributed by atoms with van der Waals surface area (Å²) in [4.78, 5) is 8.01. The van der Waals surface area contributed by atoms with Crippen molar-refractivity contribution < 1.29 is 13.5 Å². The summed E-state index contributed by atoms with van der Waals surface area (Å²) in [6, 6.07) is 7.36. The number of rotatable bonds is 2. The summed E-state index contributed by atoms with van der Waals surface area (Å²) >= 11 is 1.76. The van der Waals surface area contributed by atoms with Crippen LogP contribution in [-0.2, 0) is 21.2 Å². The molecule has 1 atom stereocenters. The normalized spacial score (nSPS) is 26.5. The molecule has 4 heterocycles. The van der Waals surface area contributed by atoms with Gasteiger partial charge in [0.05, 0.1) is 6.54 Å². The SMILES string of the molecule is O=[S+]1([O-])NCC2(CCN(Cc3cccs3)CC2)Oc2ncccc21. The van der Waals surface area contributed by atoms with E-state index in [0.717, 1.165) is 32.5 Å². The van der Waals surface area contributed by atoms with Crippen LogP contribution in [0.2, 0.25) is 0 Å². The number of hydrogen-bond donors (Lipinski definition) is 1. The Labute approximate surface area is 146 Å². The van der Waals surface area contributed by atoms with Crippen LogP contribution in [0.15, 0.2) is 40.7 Å². The first kappa shape index (κ1) is 16.2. The largest absolute Gasteiger partial charge is 0.593 e. The molecule has 0 amide bonds. The maximum absolute atomic E-state index is 12.4. The summed E-state index contributed by atoms with van der Waals surface area (Å²) in [6.07, 6.45) is 3.12. The predicted molar refractivity (Wildman–Crippen MR) is 91.5 cm³/mol. The molecule has 1 N–H and O–H groups in total. The lowest BCUT2D eigenvalue weighted by atomic mass is 9.91. The average molecular weight is 365 g/mol. The highest BCUT2D eigenvalue weighted by molar-refractivity contribution is 7.95. The van der Waals surface area contributed by atoms with Crippen molar-refractivity contribution in [3.63, 3.8) is 0 Å². The van der Waals surface area contributed by atoms with Gasteiger partial charge in [0.15, 0.2) is 10.4 Å². The lowest BCUT2D eigenvalue weighted by molar-refractivity contribution is 0.000476. The fraction of sp³-hybridized carbons (Fsp3) is 0.438. The minimum atomic E-state index is -3.56. The summed E-state index contributed by atoms with van der Waals surface area (Å²) in [5.41, 5.74) is -0.515. The van der Waals surface area contributed by atoms with Crippen LogP contribution >= 0.6 is 11.3 Å². The highest BCUT2D eigenvalue weighted by Gasteiger charge is 2.44. The van der Waals surface area contributed by atoms with Gasteiger partial charge in [-0.3, -0.25) is 4.90 Å². The number of likely N-dealkylation sites (tertiary alicyclic amines) is 1. The molecule has 0 bridgehead atoms. The van der Waals surface area contributed by atoms with Crippen LogP contribution < -0.4 is 9.46 Å². The highest BCUT2D eigenvalue weighted by atomic mass is 32.3. The van der Waals surface area contributed by atoms with Gasteiger partial charge in [-0.1, -0.05) is 10.3 Å². The third-order valence-electron chi connectivity index (χ3n) is 4.65. The highest BCUT2D eigenvalue weighted by Crippen LogP contribution is 2.35. The van der Waals surface area contributed by atoms with Gasteiger partial charge in [0, 0.05) is 49.6 Å². The van der Waals surface area contributed by atoms with Crippen molar-refractivity contribution >= 4 is 21.7 Å². The van der Waals surface area contributed by atoms with E-state index < -0.39 is 16.0 Å². The zero-order valence-corrected chi connectivity index (χ0v) is 14.8. The van der Waals surface area contributed by atoms with Crippen molar-refractivity contribution in [3.05, 3.63) is 40.7 Å². The fourth-order valence-corrected chi connectivity index (χ4v) is 5.16. The van der Waals surface area contributed by atoms with Crippen LogP contribution in [0, 0.1) is 0 Å². The van der Waals surface area contributed by atoms with Crippen LogP contribution in [0.25, 0.3) is 0 Å². The number of ether oxygens (including phenoxy) is 1. The Balaban J connectivity index is 1.50. The summed E-state index contributed by atoms with van der Waals surface area (Å²) in [5.74, 6) is 0.217. The van der Waals surface area contributed by atoms with E-state index in [1.807, 2.05) is 0 Å². The topological polar surface area (TPSA) is 77.5 Å². The van der Waals surface area contributed by atoms with Crippen LogP contribution in [0.5, 0.6) is 5.88 Å². The standard InChI is InChI=1S/C16H19N3O3S2/c20-24(21)14-4-1-7-17-15(14)22-16(12-18-24)5-8-19(9-6-16)11-13-3-2-10-23-13/h1-4,7,10H,5-6,8-9,11-12H2,(H-,18,20,21). The summed E-state index contributed by atoms with van der Waals surface area (Å²) < 4.78 is 33.5. The van der Waals surface area contributed by atoms with Crippen molar-refractivity contribution in [2.75, 3.05) is 19.6 Å². The molecular formula is C16H19N3O3S2. The quantitative estimate of drug-likeness (QED) is 0.825. The second kappa shape index (κ2) is 6.20. The molecule has 0 aromatic carbocycles. The van der Waals surface area contributed by atoms with Gasteiger partial charge < -0.3 is 9.29 Å². The zero-order chi connectivity index (χ0) is 16.6. The molecule has 0 saturated carbocycles. The summed E-state index contributed by atoms with van der Waals surface area (Å²) in [5, 5.41) is 2.09. The van der Waals surface area contributed by atoms with Crippen LogP contribution in [-0.4, -0.2) is 39.7 Å². The van der Waals surface area contributed by atoms with Crippen molar-refractivity contribution in [3.8, 4) is 5.88 Å². The number of thiophene rings is 1. The van der Waals surface area contributed by atoms with Gasteiger partial charge in [-0.15, -0.1) is 16.1 Å². The number of nitrogens with one attached hydrogen (secondary N) is 1. The maximum Gasteiger partial charge on any atom is 0.272 e. The van der Waals surface area contributed by atoms with Crippen LogP contribution in [0.1, 0.15) is 17.7 Å². The summed E-state index contributed by atoms with van der Waals surface area (Å²) in [7, 11) is -3.56. The van der Waals surface area contributed by atoms with Gasteiger partial charge in [-0.2, -0.15) is 0 Å². The first-order valence-corrected chi connectivity index (χ1v) is 10.3. The van der Waals surface area contributed by atoms with E-state index in [-0.39, 0.29) is 10.8 Å². The van der Waals surface area contributed by atoms with E-state index in [1.54, 1.807) is 23.6 Å². The van der Waals surface area contributed by atoms with E-state index >= 15 is 0 Å². The van der Waals surface area contributed by atoms with Crippen molar-refractivity contribution in [1.82, 2.24) is 14.6 Å². The van der Waals surface area contributed by atoms with E-state index in [9.17, 15) is 8.76 Å². The number of aromatic nitrogens is 1. The smallest absolute Gasteiger partial charge is 0.272 e. The molecule has 1 fully saturated rings. The summed E-state index contributed by atoms with van der Waals surface area (Å²) in [6.45, 7) is 2.98. The molecule has 2 aromatic heterocycles. The molecule has 0 aliphatic carbocycles. The molecule has 4 rings (SSSR count). The van der Waals surface area contributed by atoms with Crippen LogP contribution in [0.3, 0.4) is 0 Å². The van der Waals surface area contributed by atoms with Crippen LogP contribution in [0.4, 0.5) is 0 Å². The molecule has 0 radical (unpaired) electrons. The Hall–Kier alpha value is -1.32. The van der Waals surface area contributed by atoms with E-state index in [1.165, 1.54) is 10.9 Å². The fourth-order valence-electron chi connectivity index (χ4n) is 3.22. The average Bonchev–Trinajstić information content (AvgIpc) is 3.05. The maximum atomic E-state index is 12.4. The number of sulfonamides is 1. The van der Waals surface area contributed by atoms with Crippen molar-refractivity contribution in [2.24, 2.45) is 0 Å². The van der Waals surface area contributed by atoms with Crippen molar-refractivity contribution in [2.45, 2.75) is 29.9 Å². The molecule has 128 valence electrons. The molecule has 24 heavy (non-hydrogen) atoms. The van der Waals surface area contributed by atoms with Gasteiger partial charge in [0.2, 0.25) is 4.90 Å². The Morgan fingerprint density at radius 1 is 1.38 bits per heavy atom. The Morgan fingerprint density at radius 3 is 2.96 bits per heavy atom. The molecule has 2 aliphatic heterocycles. The van der Waals surface area contributed by atoms with Crippen molar-refractivity contribution in [1.29, 1.82) is 0 Å². The van der Waals surface area contributed by atoms with E-state index in [4.69, 9.17) is 4.74 Å². The Bertz CT molecular complexity index is 758. The number of nitrogens with zero attached hydrogens (tertiary/aromatic N) is 2. The second-order valence-electron chi connectivity index (χ2n) is 6.27. The monoisotopic (exact) mass is 365 g/mol.